The van der Waals surface area contributed by atoms with Crippen LogP contribution in [-0.4, -0.2) is 30.7 Å². The van der Waals surface area contributed by atoms with Crippen LogP contribution in [0.1, 0.15) is 45.6 Å². The van der Waals surface area contributed by atoms with Crippen LogP contribution in [0.4, 0.5) is 0 Å². The Labute approximate surface area is 280 Å². The van der Waals surface area contributed by atoms with Crippen LogP contribution in [0.25, 0.3) is 6.08 Å². The van der Waals surface area contributed by atoms with Crippen LogP contribution in [0.3, 0.4) is 0 Å². The fourth-order valence-electron chi connectivity index (χ4n) is 5.40. The molecule has 0 aliphatic carbocycles. The second-order valence-electron chi connectivity index (χ2n) is 10.9. The number of carbonyl (C=O) groups excluding carboxylic acids is 2. The van der Waals surface area contributed by atoms with E-state index in [1.54, 1.807) is 56.5 Å². The van der Waals surface area contributed by atoms with Gasteiger partial charge in [-0.2, -0.15) is 0 Å². The maximum absolute atomic E-state index is 14.1. The molecule has 1 aliphatic rings. The number of allylic oxidation sites excluding steroid dienone is 1. The summed E-state index contributed by atoms with van der Waals surface area (Å²) in [5.74, 6) is 0.0128. The maximum Gasteiger partial charge on any atom is 0.338 e. The number of hydrogen-bond donors (Lipinski definition) is 0. The zero-order chi connectivity index (χ0) is 33.6. The molecule has 0 N–H and O–H groups in total. The summed E-state index contributed by atoms with van der Waals surface area (Å²) in [4.78, 5) is 45.1. The monoisotopic (exact) mass is 660 g/mol. The molecule has 0 saturated carbocycles. The van der Waals surface area contributed by atoms with E-state index in [-0.39, 0.29) is 17.7 Å². The highest BCUT2D eigenvalue weighted by atomic mass is 32.1. The van der Waals surface area contributed by atoms with Gasteiger partial charge in [0.1, 0.15) is 13.2 Å². The summed E-state index contributed by atoms with van der Waals surface area (Å²) in [5, 5.41) is 0. The van der Waals surface area contributed by atoms with Crippen molar-refractivity contribution in [3.63, 3.8) is 0 Å². The molecule has 0 fully saturated rings. The van der Waals surface area contributed by atoms with Gasteiger partial charge < -0.3 is 18.9 Å². The number of rotatable bonds is 10. The molecule has 1 aliphatic heterocycles. The van der Waals surface area contributed by atoms with E-state index < -0.39 is 18.0 Å². The number of carbonyl (C=O) groups is 2. The van der Waals surface area contributed by atoms with Crippen molar-refractivity contribution in [2.75, 3.05) is 14.2 Å². The highest BCUT2D eigenvalue weighted by molar-refractivity contribution is 7.07. The number of ether oxygens (including phenoxy) is 4. The molecule has 0 radical (unpaired) electrons. The maximum atomic E-state index is 14.1. The Balaban J connectivity index is 1.37. The van der Waals surface area contributed by atoms with E-state index in [2.05, 4.69) is 4.99 Å². The van der Waals surface area contributed by atoms with Crippen molar-refractivity contribution in [2.45, 2.75) is 26.2 Å². The number of thiazole rings is 1. The van der Waals surface area contributed by atoms with Crippen molar-refractivity contribution in [1.82, 2.24) is 4.57 Å². The van der Waals surface area contributed by atoms with Gasteiger partial charge in [0.25, 0.3) is 5.56 Å². The molecule has 4 aromatic carbocycles. The molecule has 9 nitrogen and oxygen atoms in total. The van der Waals surface area contributed by atoms with Crippen LogP contribution in [0, 0.1) is 0 Å². The Morgan fingerprint density at radius 1 is 0.833 bits per heavy atom. The Morgan fingerprint density at radius 3 is 2.15 bits per heavy atom. The van der Waals surface area contributed by atoms with Crippen molar-refractivity contribution in [1.29, 1.82) is 0 Å². The molecule has 48 heavy (non-hydrogen) atoms. The van der Waals surface area contributed by atoms with Gasteiger partial charge in [0.15, 0.2) is 16.3 Å². The van der Waals surface area contributed by atoms with Crippen LogP contribution in [0.2, 0.25) is 0 Å². The van der Waals surface area contributed by atoms with Gasteiger partial charge in [0.2, 0.25) is 0 Å². The van der Waals surface area contributed by atoms with Gasteiger partial charge in [-0.25, -0.2) is 14.6 Å². The van der Waals surface area contributed by atoms with E-state index in [0.29, 0.717) is 44.3 Å². The molecule has 1 atom stereocenters. The van der Waals surface area contributed by atoms with Gasteiger partial charge in [0, 0.05) is 0 Å². The first-order valence-corrected chi connectivity index (χ1v) is 15.9. The van der Waals surface area contributed by atoms with E-state index in [0.717, 1.165) is 16.7 Å². The van der Waals surface area contributed by atoms with Gasteiger partial charge in [-0.15, -0.1) is 0 Å². The minimum absolute atomic E-state index is 0.0573. The molecule has 6 rings (SSSR count). The molecule has 1 aromatic heterocycles. The lowest BCUT2D eigenvalue weighted by Gasteiger charge is -2.25. The zero-order valence-electron chi connectivity index (χ0n) is 26.5. The lowest BCUT2D eigenvalue weighted by Crippen LogP contribution is -2.39. The standard InChI is InChI=1S/C38H32N2O7S/c1-24-33(37(43)47-23-26-12-8-5-9-13-26)34(28-15-17-29(18-16-28)36(42)45-3)40-35(41)32(48-38(40)39-24)21-27-14-19-30(31(20-27)44-2)46-22-25-10-6-4-7-11-25/h4-21,34H,22-23H2,1-3H3. The molecule has 0 saturated heterocycles. The summed E-state index contributed by atoms with van der Waals surface area (Å²) < 4.78 is 24.1. The SMILES string of the molecule is COC(=O)c1ccc(C2C(C(=O)OCc3ccccc3)=C(C)N=c3sc(=Cc4ccc(OCc5ccccc5)c(OC)c4)c(=O)n32)cc1. The van der Waals surface area contributed by atoms with Crippen LogP contribution >= 0.6 is 11.3 Å². The predicted octanol–water partition coefficient (Wildman–Crippen LogP) is 5.35. The number of aromatic nitrogens is 1. The lowest BCUT2D eigenvalue weighted by atomic mass is 9.95. The lowest BCUT2D eigenvalue weighted by molar-refractivity contribution is -0.140. The molecular weight excluding hydrogens is 628 g/mol. The summed E-state index contributed by atoms with van der Waals surface area (Å²) in [6.07, 6.45) is 1.76. The van der Waals surface area contributed by atoms with Gasteiger partial charge in [0.05, 0.1) is 41.6 Å². The van der Waals surface area contributed by atoms with E-state index in [1.165, 1.54) is 23.0 Å². The minimum atomic E-state index is -0.846. The van der Waals surface area contributed by atoms with Crippen LogP contribution in [0.5, 0.6) is 11.5 Å². The first-order chi connectivity index (χ1) is 23.4. The fraction of sp³-hybridized carbons (Fsp3) is 0.158. The molecular formula is C38H32N2O7S. The van der Waals surface area contributed by atoms with Crippen molar-refractivity contribution in [3.05, 3.63) is 162 Å². The number of methoxy groups -OCH3 is 2. The van der Waals surface area contributed by atoms with E-state index in [4.69, 9.17) is 18.9 Å². The molecule has 10 heteroatoms. The average Bonchev–Trinajstić information content (AvgIpc) is 3.43. The topological polar surface area (TPSA) is 105 Å². The molecule has 5 aromatic rings. The van der Waals surface area contributed by atoms with Gasteiger partial charge in [-0.3, -0.25) is 9.36 Å². The molecule has 0 bridgehead atoms. The van der Waals surface area contributed by atoms with Crippen LogP contribution in [0.15, 0.2) is 124 Å². The summed E-state index contributed by atoms with van der Waals surface area (Å²) >= 11 is 1.22. The van der Waals surface area contributed by atoms with Crippen LogP contribution < -0.4 is 24.4 Å². The number of nitrogens with zero attached hydrogens (tertiary/aromatic N) is 2. The van der Waals surface area contributed by atoms with Crippen molar-refractivity contribution >= 4 is 29.4 Å². The van der Waals surface area contributed by atoms with Crippen molar-refractivity contribution < 1.29 is 28.5 Å². The van der Waals surface area contributed by atoms with E-state index >= 15 is 0 Å². The van der Waals surface area contributed by atoms with Crippen molar-refractivity contribution in [3.8, 4) is 11.5 Å². The molecule has 2 heterocycles. The minimum Gasteiger partial charge on any atom is -0.493 e. The van der Waals surface area contributed by atoms with Crippen LogP contribution in [-0.2, 0) is 27.5 Å². The second-order valence-corrected chi connectivity index (χ2v) is 12.0. The third-order valence-electron chi connectivity index (χ3n) is 7.82. The second kappa shape index (κ2) is 14.4. The Bertz CT molecular complexity index is 2170. The van der Waals surface area contributed by atoms with E-state index in [1.807, 2.05) is 66.7 Å². The summed E-state index contributed by atoms with van der Waals surface area (Å²) in [7, 11) is 2.87. The van der Waals surface area contributed by atoms with Gasteiger partial charge in [-0.05, 0) is 59.5 Å². The first-order valence-electron chi connectivity index (χ1n) is 15.1. The Hall–Kier alpha value is -5.74. The number of hydrogen-bond acceptors (Lipinski definition) is 9. The largest absolute Gasteiger partial charge is 0.493 e. The normalized spacial score (nSPS) is 14.1. The molecule has 0 spiro atoms. The smallest absolute Gasteiger partial charge is 0.338 e. The van der Waals surface area contributed by atoms with Gasteiger partial charge >= 0.3 is 11.9 Å². The predicted molar refractivity (Wildman–Crippen MR) is 182 cm³/mol. The Morgan fingerprint density at radius 2 is 1.50 bits per heavy atom. The summed E-state index contributed by atoms with van der Waals surface area (Å²) in [6, 6.07) is 30.4. The van der Waals surface area contributed by atoms with Crippen molar-refractivity contribution in [2.24, 2.45) is 4.99 Å². The quantitative estimate of drug-likeness (QED) is 0.186. The van der Waals surface area contributed by atoms with E-state index in [9.17, 15) is 14.4 Å². The highest BCUT2D eigenvalue weighted by Gasteiger charge is 2.33. The number of fused-ring (bicyclic) bond motifs is 1. The van der Waals surface area contributed by atoms with Gasteiger partial charge in [-0.1, -0.05) is 90.2 Å². The zero-order valence-corrected chi connectivity index (χ0v) is 27.4. The summed E-state index contributed by atoms with van der Waals surface area (Å²) in [5.41, 5.74) is 3.87. The Kier molecular flexibility index (Phi) is 9.63. The third-order valence-corrected chi connectivity index (χ3v) is 8.81. The number of esters is 2. The highest BCUT2D eigenvalue weighted by Crippen LogP contribution is 2.32. The fourth-order valence-corrected chi connectivity index (χ4v) is 6.44. The molecule has 242 valence electrons. The summed E-state index contributed by atoms with van der Waals surface area (Å²) in [6.45, 7) is 2.16. The molecule has 0 amide bonds. The molecule has 1 unspecified atom stereocenters. The average molecular weight is 661 g/mol. The third kappa shape index (κ3) is 6.84. The first kappa shape index (κ1) is 32.2. The number of benzene rings is 4.